The first-order chi connectivity index (χ1) is 9.54. The van der Waals surface area contributed by atoms with Crippen LogP contribution < -0.4 is 5.73 Å². The Morgan fingerprint density at radius 3 is 2.90 bits per heavy atom. The maximum Gasteiger partial charge on any atom is 0.201 e. The van der Waals surface area contributed by atoms with Crippen LogP contribution in [0.15, 0.2) is 18.5 Å². The summed E-state index contributed by atoms with van der Waals surface area (Å²) >= 11 is 5.80. The second-order valence-electron chi connectivity index (χ2n) is 4.46. The Hall–Kier alpha value is -2.15. The number of aryl methyl sites for hydroxylation is 3. The van der Waals surface area contributed by atoms with Gasteiger partial charge >= 0.3 is 0 Å². The van der Waals surface area contributed by atoms with Crippen LogP contribution in [0.5, 0.6) is 0 Å². The normalized spacial score (nSPS) is 11.3. The van der Waals surface area contributed by atoms with Crippen molar-refractivity contribution >= 4 is 28.6 Å². The van der Waals surface area contributed by atoms with Crippen LogP contribution in [0.1, 0.15) is 5.82 Å². The Morgan fingerprint density at radius 1 is 1.40 bits per heavy atom. The quantitative estimate of drug-likeness (QED) is 0.799. The van der Waals surface area contributed by atoms with Crippen molar-refractivity contribution in [2.24, 2.45) is 7.05 Å². The van der Waals surface area contributed by atoms with Gasteiger partial charge in [0.05, 0.1) is 16.1 Å². The molecule has 3 aromatic rings. The molecule has 0 radical (unpaired) electrons. The number of nitrogen functional groups attached to an aromatic ring is 1. The van der Waals surface area contributed by atoms with E-state index in [2.05, 4.69) is 15.1 Å². The molecule has 2 N–H and O–H groups in total. The third kappa shape index (κ3) is 2.20. The number of imidazole rings is 1. The molecule has 1 aromatic carbocycles. The van der Waals surface area contributed by atoms with Gasteiger partial charge in [-0.05, 0) is 6.07 Å². The summed E-state index contributed by atoms with van der Waals surface area (Å²) in [6.45, 7) is 0.550. The molecule has 0 fully saturated rings. The molecule has 2 heterocycles. The van der Waals surface area contributed by atoms with Crippen LogP contribution in [0.3, 0.4) is 0 Å². The number of hydrogen-bond acceptors (Lipinski definition) is 4. The van der Waals surface area contributed by atoms with E-state index < -0.39 is 5.82 Å². The van der Waals surface area contributed by atoms with Gasteiger partial charge in [0.2, 0.25) is 5.95 Å². The fraction of sp³-hybridized carbons (Fsp3) is 0.250. The molecule has 0 saturated heterocycles. The second kappa shape index (κ2) is 4.75. The van der Waals surface area contributed by atoms with Crippen LogP contribution in [0.2, 0.25) is 5.02 Å². The minimum atomic E-state index is -0.504. The van der Waals surface area contributed by atoms with Crippen molar-refractivity contribution in [3.8, 4) is 0 Å². The van der Waals surface area contributed by atoms with Crippen LogP contribution in [0, 0.1) is 5.82 Å². The maximum absolute atomic E-state index is 13.4. The van der Waals surface area contributed by atoms with Gasteiger partial charge in [0.1, 0.15) is 12.1 Å². The highest BCUT2D eigenvalue weighted by molar-refractivity contribution is 6.31. The molecule has 0 amide bonds. The Balaban J connectivity index is 1.94. The Labute approximate surface area is 119 Å². The SMILES string of the molecule is Cn1cnc(CCn2c(N)nc3cc(F)c(Cl)cc32)n1. The van der Waals surface area contributed by atoms with Crippen LogP contribution in [0.25, 0.3) is 11.0 Å². The lowest BCUT2D eigenvalue weighted by atomic mass is 10.3. The molecule has 0 atom stereocenters. The van der Waals surface area contributed by atoms with Crippen molar-refractivity contribution in [1.82, 2.24) is 24.3 Å². The molecule has 2 aromatic heterocycles. The minimum Gasteiger partial charge on any atom is -0.369 e. The third-order valence-corrected chi connectivity index (χ3v) is 3.32. The lowest BCUT2D eigenvalue weighted by Crippen LogP contribution is -2.07. The monoisotopic (exact) mass is 294 g/mol. The Morgan fingerprint density at radius 2 is 2.20 bits per heavy atom. The van der Waals surface area contributed by atoms with E-state index in [1.54, 1.807) is 22.6 Å². The average molecular weight is 295 g/mol. The predicted molar refractivity (Wildman–Crippen MR) is 73.8 cm³/mol. The minimum absolute atomic E-state index is 0.0506. The highest BCUT2D eigenvalue weighted by Crippen LogP contribution is 2.24. The highest BCUT2D eigenvalue weighted by Gasteiger charge is 2.12. The van der Waals surface area contributed by atoms with E-state index in [0.29, 0.717) is 35.8 Å². The summed E-state index contributed by atoms with van der Waals surface area (Å²) in [4.78, 5) is 8.28. The number of halogens is 2. The zero-order valence-corrected chi connectivity index (χ0v) is 11.5. The molecule has 0 unspecified atom stereocenters. The van der Waals surface area contributed by atoms with Gasteiger partial charge in [-0.25, -0.2) is 14.4 Å². The number of anilines is 1. The molecule has 104 valence electrons. The molecule has 8 heteroatoms. The number of hydrogen-bond donors (Lipinski definition) is 1. The highest BCUT2D eigenvalue weighted by atomic mass is 35.5. The number of nitrogens with zero attached hydrogens (tertiary/aromatic N) is 5. The molecule has 20 heavy (non-hydrogen) atoms. The van der Waals surface area contributed by atoms with Crippen molar-refractivity contribution in [3.63, 3.8) is 0 Å². The predicted octanol–water partition coefficient (Wildman–Crippen LogP) is 1.78. The summed E-state index contributed by atoms with van der Waals surface area (Å²) in [5, 5.41) is 4.25. The fourth-order valence-corrected chi connectivity index (χ4v) is 2.24. The van der Waals surface area contributed by atoms with Crippen LogP contribution in [-0.2, 0) is 20.0 Å². The van der Waals surface area contributed by atoms with Gasteiger partial charge in [-0.2, -0.15) is 5.10 Å². The number of nitrogens with two attached hydrogens (primary N) is 1. The van der Waals surface area contributed by atoms with E-state index in [-0.39, 0.29) is 5.02 Å². The molecule has 0 aliphatic heterocycles. The first-order valence-electron chi connectivity index (χ1n) is 6.00. The smallest absolute Gasteiger partial charge is 0.201 e. The second-order valence-corrected chi connectivity index (χ2v) is 4.87. The number of rotatable bonds is 3. The van der Waals surface area contributed by atoms with Gasteiger partial charge < -0.3 is 10.3 Å². The van der Waals surface area contributed by atoms with Crippen molar-refractivity contribution in [2.45, 2.75) is 13.0 Å². The Kier molecular flexibility index (Phi) is 3.06. The fourth-order valence-electron chi connectivity index (χ4n) is 2.08. The van der Waals surface area contributed by atoms with Crippen LogP contribution in [-0.4, -0.2) is 24.3 Å². The van der Waals surface area contributed by atoms with Crippen molar-refractivity contribution in [1.29, 1.82) is 0 Å². The molecule has 3 rings (SSSR count). The first kappa shape index (κ1) is 12.9. The Bertz CT molecular complexity index is 778. The number of aromatic nitrogens is 5. The maximum atomic E-state index is 13.4. The van der Waals surface area contributed by atoms with E-state index >= 15 is 0 Å². The van der Waals surface area contributed by atoms with E-state index in [4.69, 9.17) is 17.3 Å². The van der Waals surface area contributed by atoms with Crippen LogP contribution in [0.4, 0.5) is 10.3 Å². The van der Waals surface area contributed by atoms with Gasteiger partial charge in [0.15, 0.2) is 5.82 Å². The molecule has 0 aliphatic carbocycles. The van der Waals surface area contributed by atoms with Crippen molar-refractivity contribution in [3.05, 3.63) is 35.1 Å². The van der Waals surface area contributed by atoms with Crippen LogP contribution >= 0.6 is 11.6 Å². The number of benzene rings is 1. The molecular weight excluding hydrogens is 283 g/mol. The zero-order valence-electron chi connectivity index (χ0n) is 10.7. The summed E-state index contributed by atoms with van der Waals surface area (Å²) in [6.07, 6.45) is 2.24. The third-order valence-electron chi connectivity index (χ3n) is 3.03. The van der Waals surface area contributed by atoms with E-state index in [1.165, 1.54) is 12.1 Å². The van der Waals surface area contributed by atoms with E-state index in [0.717, 1.165) is 0 Å². The summed E-state index contributed by atoms with van der Waals surface area (Å²) in [7, 11) is 1.81. The average Bonchev–Trinajstić information content (AvgIpc) is 2.92. The zero-order chi connectivity index (χ0) is 14.3. The van der Waals surface area contributed by atoms with E-state index in [9.17, 15) is 4.39 Å². The van der Waals surface area contributed by atoms with Gasteiger partial charge in [-0.3, -0.25) is 4.68 Å². The standard InChI is InChI=1S/C12H12ClFN6/c1-19-6-16-11(18-19)2-3-20-10-4-7(13)8(14)5-9(10)17-12(20)15/h4-6H,2-3H2,1H3,(H2,15,17). The topological polar surface area (TPSA) is 74.5 Å². The van der Waals surface area contributed by atoms with Gasteiger partial charge in [-0.1, -0.05) is 11.6 Å². The molecule has 0 bridgehead atoms. The van der Waals surface area contributed by atoms with Crippen molar-refractivity contribution in [2.75, 3.05) is 5.73 Å². The van der Waals surface area contributed by atoms with Gasteiger partial charge in [-0.15, -0.1) is 0 Å². The van der Waals surface area contributed by atoms with Gasteiger partial charge in [0, 0.05) is 26.1 Å². The lowest BCUT2D eigenvalue weighted by Gasteiger charge is -2.05. The molecule has 6 nitrogen and oxygen atoms in total. The summed E-state index contributed by atoms with van der Waals surface area (Å²) in [6, 6.07) is 2.81. The molecular formula is C12H12ClFN6. The summed E-state index contributed by atoms with van der Waals surface area (Å²) in [5.41, 5.74) is 7.05. The van der Waals surface area contributed by atoms with Crippen molar-refractivity contribution < 1.29 is 4.39 Å². The summed E-state index contributed by atoms with van der Waals surface area (Å²) in [5.74, 6) is 0.523. The van der Waals surface area contributed by atoms with Gasteiger partial charge in [0.25, 0.3) is 0 Å². The van der Waals surface area contributed by atoms with E-state index in [1.807, 2.05) is 0 Å². The number of fused-ring (bicyclic) bond motifs is 1. The molecule has 0 spiro atoms. The molecule has 0 saturated carbocycles. The molecule has 0 aliphatic rings. The largest absolute Gasteiger partial charge is 0.369 e. The lowest BCUT2D eigenvalue weighted by molar-refractivity contribution is 0.629. The summed E-state index contributed by atoms with van der Waals surface area (Å²) < 4.78 is 16.8. The first-order valence-corrected chi connectivity index (χ1v) is 6.37.